The minimum Gasteiger partial charge on any atom is -0.481 e. The van der Waals surface area contributed by atoms with Gasteiger partial charge < -0.3 is 25.0 Å². The number of ether oxygens (including phenoxy) is 1. The quantitative estimate of drug-likeness (QED) is 0.263. The molecule has 0 bridgehead atoms. The van der Waals surface area contributed by atoms with Crippen LogP contribution in [-0.4, -0.2) is 45.9 Å². The fourth-order valence-electron chi connectivity index (χ4n) is 4.39. The fraction of sp³-hybridized carbons (Fsp3) is 0.423. The molecule has 0 spiro atoms. The van der Waals surface area contributed by atoms with Crippen LogP contribution < -0.4 is 20.9 Å². The number of rotatable bonds is 12. The Balaban J connectivity index is 1.77. The summed E-state index contributed by atoms with van der Waals surface area (Å²) in [5.74, 6) is -13.1. The minimum atomic E-state index is -1.91. The number of hydrogen-bond donors (Lipinski definition) is 3. The summed E-state index contributed by atoms with van der Waals surface area (Å²) in [5, 5.41) is 14.0. The summed E-state index contributed by atoms with van der Waals surface area (Å²) < 4.78 is 60.1. The van der Waals surface area contributed by atoms with Gasteiger partial charge in [0.15, 0.2) is 23.2 Å². The van der Waals surface area contributed by atoms with Crippen molar-refractivity contribution in [2.24, 2.45) is 5.92 Å². The molecular formula is C26H27F4N3O7. The molecule has 2 amide bonds. The van der Waals surface area contributed by atoms with Gasteiger partial charge in [-0.1, -0.05) is 19.8 Å². The second-order valence-electron chi connectivity index (χ2n) is 9.24. The average molecular weight is 570 g/mol. The Morgan fingerprint density at radius 3 is 2.30 bits per heavy atom. The number of nitrogens with zero attached hydrogens (tertiary/aromatic N) is 1. The van der Waals surface area contributed by atoms with E-state index in [0.29, 0.717) is 12.8 Å². The number of ketones is 1. The van der Waals surface area contributed by atoms with Gasteiger partial charge in [-0.25, -0.2) is 8.78 Å². The van der Waals surface area contributed by atoms with E-state index in [1.54, 1.807) is 6.92 Å². The summed E-state index contributed by atoms with van der Waals surface area (Å²) in [6.45, 7) is 0.302. The molecule has 14 heteroatoms. The lowest BCUT2D eigenvalue weighted by atomic mass is 10.1. The Morgan fingerprint density at radius 1 is 1.10 bits per heavy atom. The van der Waals surface area contributed by atoms with E-state index in [0.717, 1.165) is 17.4 Å². The first-order valence-corrected chi connectivity index (χ1v) is 12.5. The van der Waals surface area contributed by atoms with Crippen molar-refractivity contribution in [3.05, 3.63) is 58.0 Å². The number of aromatic nitrogens is 1. The van der Waals surface area contributed by atoms with Gasteiger partial charge in [-0.05, 0) is 31.4 Å². The Morgan fingerprint density at radius 2 is 1.73 bits per heavy atom. The first-order chi connectivity index (χ1) is 18.9. The van der Waals surface area contributed by atoms with E-state index < -0.39 is 77.3 Å². The van der Waals surface area contributed by atoms with Crippen LogP contribution >= 0.6 is 0 Å². The number of carbonyl (C=O) groups excluding carboxylic acids is 3. The molecule has 0 aliphatic heterocycles. The molecule has 0 unspecified atom stereocenters. The summed E-state index contributed by atoms with van der Waals surface area (Å²) in [5.41, 5.74) is -0.775. The number of carbonyl (C=O) groups is 4. The Hall–Kier alpha value is -4.23. The highest BCUT2D eigenvalue weighted by Gasteiger charge is 2.30. The SMILES string of the molecule is CC[C@@H](C(=O)N[C@@H](CC(=O)O)C(=O)COc1c(F)c(F)cc(F)c1F)n1cccc(NC(=O)C2CCCC2)c1=O. The fourth-order valence-corrected chi connectivity index (χ4v) is 4.39. The number of nitrogens with one attached hydrogen (secondary N) is 2. The third-order valence-electron chi connectivity index (χ3n) is 6.50. The Kier molecular flexibility index (Phi) is 10.0. The summed E-state index contributed by atoms with van der Waals surface area (Å²) in [4.78, 5) is 62.6. The van der Waals surface area contributed by atoms with E-state index in [2.05, 4.69) is 15.4 Å². The first-order valence-electron chi connectivity index (χ1n) is 12.5. The van der Waals surface area contributed by atoms with Crippen molar-refractivity contribution in [3.8, 4) is 5.75 Å². The molecule has 0 radical (unpaired) electrons. The molecule has 1 aromatic heterocycles. The summed E-state index contributed by atoms with van der Waals surface area (Å²) >= 11 is 0. The van der Waals surface area contributed by atoms with E-state index in [9.17, 15) is 46.6 Å². The molecule has 1 heterocycles. The van der Waals surface area contributed by atoms with Gasteiger partial charge in [0.05, 0.1) is 6.42 Å². The standard InChI is InChI=1S/C26H27F4N3O7/c1-2-18(33-9-5-8-16(26(33)39)31-24(37)13-6-3-4-7-13)25(38)32-17(11-20(35)36)19(34)12-40-23-21(29)14(27)10-15(28)22(23)30/h5,8-10,13,17-18H,2-4,6-7,11-12H2,1H3,(H,31,37)(H,32,38)(H,35,36)/t17-,18-/m0/s1. The number of Topliss-reactive ketones (excluding diaryl/α,β-unsaturated/α-hetero) is 1. The number of aliphatic carboxylic acids is 1. The second kappa shape index (κ2) is 13.2. The van der Waals surface area contributed by atoms with Crippen LogP contribution in [0.4, 0.5) is 23.2 Å². The molecule has 2 atom stereocenters. The highest BCUT2D eigenvalue weighted by molar-refractivity contribution is 5.94. The number of carboxylic acid groups (broad SMARTS) is 1. The van der Waals surface area contributed by atoms with E-state index in [1.165, 1.54) is 18.3 Å². The lowest BCUT2D eigenvalue weighted by Crippen LogP contribution is -2.48. The van der Waals surface area contributed by atoms with Crippen molar-refractivity contribution in [1.82, 2.24) is 9.88 Å². The molecule has 0 saturated heterocycles. The summed E-state index contributed by atoms with van der Waals surface area (Å²) in [7, 11) is 0. The van der Waals surface area contributed by atoms with Crippen molar-refractivity contribution < 1.29 is 46.6 Å². The maximum absolute atomic E-state index is 13.9. The minimum absolute atomic E-state index is 0.00916. The Bertz CT molecular complexity index is 1330. The number of amides is 2. The van der Waals surface area contributed by atoms with E-state index >= 15 is 0 Å². The van der Waals surface area contributed by atoms with Crippen LogP contribution in [0.3, 0.4) is 0 Å². The van der Waals surface area contributed by atoms with Crippen LogP contribution in [0.2, 0.25) is 0 Å². The number of hydrogen-bond acceptors (Lipinski definition) is 6. The maximum Gasteiger partial charge on any atom is 0.305 e. The normalized spacial score (nSPS) is 14.8. The topological polar surface area (TPSA) is 144 Å². The molecule has 1 aliphatic carbocycles. The van der Waals surface area contributed by atoms with E-state index in [1.807, 2.05) is 0 Å². The number of carboxylic acids is 1. The second-order valence-corrected chi connectivity index (χ2v) is 9.24. The summed E-state index contributed by atoms with van der Waals surface area (Å²) in [6.07, 6.45) is 3.52. The zero-order chi connectivity index (χ0) is 29.6. The van der Waals surface area contributed by atoms with Crippen molar-refractivity contribution in [1.29, 1.82) is 0 Å². The van der Waals surface area contributed by atoms with Crippen LogP contribution in [0.5, 0.6) is 5.75 Å². The van der Waals surface area contributed by atoms with Crippen molar-refractivity contribution >= 4 is 29.3 Å². The third kappa shape index (κ3) is 7.04. The van der Waals surface area contributed by atoms with Crippen LogP contribution in [0.15, 0.2) is 29.2 Å². The maximum atomic E-state index is 13.9. The molecule has 1 aromatic carbocycles. The van der Waals surface area contributed by atoms with Crippen LogP contribution in [0.25, 0.3) is 0 Å². The monoisotopic (exact) mass is 569 g/mol. The van der Waals surface area contributed by atoms with E-state index in [4.69, 9.17) is 0 Å². The number of anilines is 1. The molecule has 1 saturated carbocycles. The van der Waals surface area contributed by atoms with Crippen LogP contribution in [-0.2, 0) is 19.2 Å². The molecule has 3 rings (SSSR count). The van der Waals surface area contributed by atoms with Crippen LogP contribution in [0, 0.1) is 29.2 Å². The lowest BCUT2D eigenvalue weighted by molar-refractivity contribution is -0.140. The third-order valence-corrected chi connectivity index (χ3v) is 6.50. The molecule has 1 aliphatic rings. The smallest absolute Gasteiger partial charge is 0.305 e. The Labute approximate surface area is 225 Å². The summed E-state index contributed by atoms with van der Waals surface area (Å²) in [6, 6.07) is -0.291. The number of halogens is 4. The molecule has 10 nitrogen and oxygen atoms in total. The lowest BCUT2D eigenvalue weighted by Gasteiger charge is -2.22. The van der Waals surface area contributed by atoms with Gasteiger partial charge in [0.2, 0.25) is 23.4 Å². The van der Waals surface area contributed by atoms with Gasteiger partial charge in [0.25, 0.3) is 5.56 Å². The molecule has 2 aromatic rings. The highest BCUT2D eigenvalue weighted by atomic mass is 19.2. The highest BCUT2D eigenvalue weighted by Crippen LogP contribution is 2.27. The van der Waals surface area contributed by atoms with Crippen molar-refractivity contribution in [2.75, 3.05) is 11.9 Å². The first kappa shape index (κ1) is 30.3. The van der Waals surface area contributed by atoms with Gasteiger partial charge in [-0.15, -0.1) is 0 Å². The van der Waals surface area contributed by atoms with E-state index in [-0.39, 0.29) is 30.0 Å². The molecule has 3 N–H and O–H groups in total. The zero-order valence-corrected chi connectivity index (χ0v) is 21.3. The molecule has 216 valence electrons. The predicted molar refractivity (Wildman–Crippen MR) is 132 cm³/mol. The van der Waals surface area contributed by atoms with Crippen molar-refractivity contribution in [2.45, 2.75) is 57.5 Å². The van der Waals surface area contributed by atoms with Crippen LogP contribution in [0.1, 0.15) is 51.5 Å². The van der Waals surface area contributed by atoms with Gasteiger partial charge in [-0.2, -0.15) is 8.78 Å². The molecule has 1 fully saturated rings. The van der Waals surface area contributed by atoms with Crippen molar-refractivity contribution in [3.63, 3.8) is 0 Å². The zero-order valence-electron chi connectivity index (χ0n) is 21.3. The average Bonchev–Trinajstić information content (AvgIpc) is 3.44. The van der Waals surface area contributed by atoms with Gasteiger partial charge in [-0.3, -0.25) is 24.0 Å². The van der Waals surface area contributed by atoms with Gasteiger partial charge >= 0.3 is 5.97 Å². The largest absolute Gasteiger partial charge is 0.481 e. The van der Waals surface area contributed by atoms with Gasteiger partial charge in [0.1, 0.15) is 24.4 Å². The van der Waals surface area contributed by atoms with Gasteiger partial charge in [0, 0.05) is 18.2 Å². The number of benzene rings is 1. The predicted octanol–water partition coefficient (Wildman–Crippen LogP) is 3.09. The molecular weight excluding hydrogens is 542 g/mol. The molecule has 40 heavy (non-hydrogen) atoms. The number of pyridine rings is 1.